The fraction of sp³-hybridized carbons (Fsp3) is 0.949. The Morgan fingerprint density at radius 1 is 0.278 bits per heavy atom. The minimum absolute atomic E-state index is 0.108. The maximum Gasteiger partial charge on any atom is 0.472 e. The summed E-state index contributed by atoms with van der Waals surface area (Å²) in [5.74, 6) is -1.34. The Labute approximate surface area is 594 Å². The SMILES string of the molecule is CCCCCCCCCCCCCCCCCCCCCCCCC(=O)O[C@H](COC(=O)CCCCCCCCCCCCCC(C)C)COP(=O)(O)OC[C@@H](O)COP(=O)(O)OC[C@@H](COC(=O)CCCCCCCCCC)OC(=O)CCCCCCCCCCCCCCC. The highest BCUT2D eigenvalue weighted by Crippen LogP contribution is 2.45. The van der Waals surface area contributed by atoms with Gasteiger partial charge in [0.1, 0.15) is 19.3 Å². The van der Waals surface area contributed by atoms with Crippen molar-refractivity contribution in [3.63, 3.8) is 0 Å². The van der Waals surface area contributed by atoms with Crippen LogP contribution in [0.2, 0.25) is 0 Å². The summed E-state index contributed by atoms with van der Waals surface area (Å²) in [5, 5.41) is 10.6. The van der Waals surface area contributed by atoms with Gasteiger partial charge in [0.2, 0.25) is 0 Å². The number of hydrogen-bond acceptors (Lipinski definition) is 15. The lowest BCUT2D eigenvalue weighted by atomic mass is 10.0. The van der Waals surface area contributed by atoms with Gasteiger partial charge in [0.25, 0.3) is 0 Å². The minimum atomic E-state index is -4.96. The van der Waals surface area contributed by atoms with Crippen LogP contribution in [0.5, 0.6) is 0 Å². The molecule has 0 radical (unpaired) electrons. The smallest absolute Gasteiger partial charge is 0.462 e. The topological polar surface area (TPSA) is 237 Å². The van der Waals surface area contributed by atoms with Crippen LogP contribution < -0.4 is 0 Å². The van der Waals surface area contributed by atoms with Gasteiger partial charge in [0.05, 0.1) is 26.4 Å². The molecule has 17 nitrogen and oxygen atoms in total. The summed E-state index contributed by atoms with van der Waals surface area (Å²) in [7, 11) is -9.91. The second-order valence-electron chi connectivity index (χ2n) is 28.6. The van der Waals surface area contributed by atoms with E-state index in [2.05, 4.69) is 34.6 Å². The van der Waals surface area contributed by atoms with Crippen LogP contribution in [0.25, 0.3) is 0 Å². The zero-order chi connectivity index (χ0) is 71.2. The lowest BCUT2D eigenvalue weighted by Crippen LogP contribution is -2.30. The molecule has 5 atom stereocenters. The second-order valence-corrected chi connectivity index (χ2v) is 31.5. The Hall–Kier alpha value is -1.94. The van der Waals surface area contributed by atoms with Crippen molar-refractivity contribution in [3.8, 4) is 0 Å². The average Bonchev–Trinajstić information content (AvgIpc) is 1.19. The van der Waals surface area contributed by atoms with Crippen LogP contribution in [0.1, 0.15) is 413 Å². The molecule has 0 heterocycles. The van der Waals surface area contributed by atoms with Crippen molar-refractivity contribution in [3.05, 3.63) is 0 Å². The Balaban J connectivity index is 5.17. The highest BCUT2D eigenvalue weighted by molar-refractivity contribution is 7.47. The molecule has 576 valence electrons. The summed E-state index contributed by atoms with van der Waals surface area (Å²) in [5.41, 5.74) is 0. The molecule has 0 saturated carbocycles. The quantitative estimate of drug-likeness (QED) is 0.0222. The number of carbonyl (C=O) groups excluding carboxylic acids is 4. The molecule has 0 aliphatic rings. The highest BCUT2D eigenvalue weighted by Gasteiger charge is 2.30. The molecule has 0 saturated heterocycles. The van der Waals surface area contributed by atoms with Gasteiger partial charge in [-0.1, -0.05) is 362 Å². The van der Waals surface area contributed by atoms with E-state index in [1.54, 1.807) is 0 Å². The molecular formula is C78H152O17P2. The summed E-state index contributed by atoms with van der Waals surface area (Å²) in [4.78, 5) is 72.8. The third kappa shape index (κ3) is 72.2. The number of aliphatic hydroxyl groups is 1. The molecule has 2 unspecified atom stereocenters. The number of carbonyl (C=O) groups is 4. The van der Waals surface area contributed by atoms with Crippen LogP contribution in [0.3, 0.4) is 0 Å². The van der Waals surface area contributed by atoms with E-state index in [9.17, 15) is 43.2 Å². The molecule has 0 spiro atoms. The lowest BCUT2D eigenvalue weighted by molar-refractivity contribution is -0.161. The number of phosphoric acid groups is 2. The number of unbranched alkanes of at least 4 members (excludes halogenated alkanes) is 50. The van der Waals surface area contributed by atoms with E-state index in [1.165, 1.54) is 231 Å². The summed E-state index contributed by atoms with van der Waals surface area (Å²) in [6.45, 7) is 7.28. The van der Waals surface area contributed by atoms with E-state index in [0.717, 1.165) is 102 Å². The van der Waals surface area contributed by atoms with Crippen LogP contribution in [-0.2, 0) is 65.4 Å². The van der Waals surface area contributed by atoms with Crippen molar-refractivity contribution >= 4 is 39.5 Å². The van der Waals surface area contributed by atoms with Gasteiger partial charge in [-0.2, -0.15) is 0 Å². The van der Waals surface area contributed by atoms with Crippen molar-refractivity contribution in [2.75, 3.05) is 39.6 Å². The molecule has 0 bridgehead atoms. The van der Waals surface area contributed by atoms with Gasteiger partial charge in [-0.15, -0.1) is 0 Å². The maximum atomic E-state index is 13.1. The van der Waals surface area contributed by atoms with E-state index in [0.29, 0.717) is 25.7 Å². The molecule has 0 aromatic rings. The van der Waals surface area contributed by atoms with Crippen molar-refractivity contribution in [1.29, 1.82) is 0 Å². The zero-order valence-electron chi connectivity index (χ0n) is 63.2. The maximum absolute atomic E-state index is 13.1. The Morgan fingerprint density at radius 3 is 0.701 bits per heavy atom. The predicted molar refractivity (Wildman–Crippen MR) is 395 cm³/mol. The lowest BCUT2D eigenvalue weighted by Gasteiger charge is -2.21. The minimum Gasteiger partial charge on any atom is -0.462 e. The average molecular weight is 1420 g/mol. The first kappa shape index (κ1) is 95.1. The number of rotatable bonds is 78. The molecule has 0 aromatic carbocycles. The molecule has 19 heteroatoms. The first-order valence-electron chi connectivity index (χ1n) is 40.6. The Bertz CT molecular complexity index is 1860. The zero-order valence-corrected chi connectivity index (χ0v) is 65.0. The van der Waals surface area contributed by atoms with Crippen LogP contribution in [0.4, 0.5) is 0 Å². The Kier molecular flexibility index (Phi) is 69.6. The monoisotopic (exact) mass is 1420 g/mol. The van der Waals surface area contributed by atoms with E-state index in [-0.39, 0.29) is 25.7 Å². The number of aliphatic hydroxyl groups excluding tert-OH is 1. The molecule has 3 N–H and O–H groups in total. The van der Waals surface area contributed by atoms with Crippen molar-refractivity contribution in [2.24, 2.45) is 5.92 Å². The molecule has 0 fully saturated rings. The summed E-state index contributed by atoms with van der Waals surface area (Å²) in [6.07, 6.45) is 61.2. The summed E-state index contributed by atoms with van der Waals surface area (Å²) >= 11 is 0. The number of hydrogen-bond donors (Lipinski definition) is 3. The molecule has 0 aromatic heterocycles. The van der Waals surface area contributed by atoms with E-state index < -0.39 is 97.5 Å². The third-order valence-electron chi connectivity index (χ3n) is 18.3. The number of esters is 4. The van der Waals surface area contributed by atoms with Gasteiger partial charge in [-0.25, -0.2) is 9.13 Å². The van der Waals surface area contributed by atoms with Gasteiger partial charge in [-0.3, -0.25) is 37.3 Å². The number of phosphoric ester groups is 2. The summed E-state index contributed by atoms with van der Waals surface area (Å²) in [6, 6.07) is 0. The van der Waals surface area contributed by atoms with Crippen LogP contribution in [0.15, 0.2) is 0 Å². The molecule has 97 heavy (non-hydrogen) atoms. The van der Waals surface area contributed by atoms with Gasteiger partial charge < -0.3 is 33.8 Å². The largest absolute Gasteiger partial charge is 0.472 e. The van der Waals surface area contributed by atoms with Crippen LogP contribution in [-0.4, -0.2) is 96.7 Å². The van der Waals surface area contributed by atoms with Gasteiger partial charge in [0.15, 0.2) is 12.2 Å². The number of ether oxygens (including phenoxy) is 4. The van der Waals surface area contributed by atoms with Gasteiger partial charge in [0, 0.05) is 25.7 Å². The standard InChI is InChI=1S/C78H152O17P2/c1-6-9-12-15-18-21-23-25-26-27-28-29-30-31-32-33-35-39-44-49-54-59-64-78(83)95-74(68-89-76(81)62-57-52-47-42-40-36-37-41-45-50-55-60-71(4)5)70-93-97(86,87)91-66-72(79)65-90-96(84,85)92-69-73(67-88-75(80)61-56-51-46-20-17-14-11-8-3)94-77(82)63-58-53-48-43-38-34-24-22-19-16-13-10-7-2/h71-74,79H,6-70H2,1-5H3,(H,84,85)(H,86,87)/t72-,73+,74+/m0/s1. The first-order chi connectivity index (χ1) is 47.0. The fourth-order valence-corrected chi connectivity index (χ4v) is 13.6. The summed E-state index contributed by atoms with van der Waals surface area (Å²) < 4.78 is 68.5. The van der Waals surface area contributed by atoms with Crippen molar-refractivity contribution in [1.82, 2.24) is 0 Å². The third-order valence-corrected chi connectivity index (χ3v) is 20.2. The molecule has 0 amide bonds. The molecule has 0 rings (SSSR count). The first-order valence-corrected chi connectivity index (χ1v) is 43.6. The predicted octanol–water partition coefficient (Wildman–Crippen LogP) is 23.3. The van der Waals surface area contributed by atoms with E-state index >= 15 is 0 Å². The second kappa shape index (κ2) is 71.1. The van der Waals surface area contributed by atoms with Gasteiger partial charge >= 0.3 is 39.5 Å². The van der Waals surface area contributed by atoms with Crippen molar-refractivity contribution in [2.45, 2.75) is 432 Å². The van der Waals surface area contributed by atoms with Crippen LogP contribution >= 0.6 is 15.6 Å². The van der Waals surface area contributed by atoms with E-state index in [4.69, 9.17) is 37.0 Å². The molecule has 0 aliphatic heterocycles. The fourth-order valence-electron chi connectivity index (χ4n) is 12.1. The Morgan fingerprint density at radius 2 is 0.474 bits per heavy atom. The molecular weight excluding hydrogens is 1270 g/mol. The van der Waals surface area contributed by atoms with E-state index in [1.807, 2.05) is 0 Å². The van der Waals surface area contributed by atoms with Gasteiger partial charge in [-0.05, 0) is 31.6 Å². The van der Waals surface area contributed by atoms with Crippen LogP contribution in [0, 0.1) is 5.92 Å². The molecule has 0 aliphatic carbocycles. The van der Waals surface area contributed by atoms with Crippen molar-refractivity contribution < 1.29 is 80.2 Å². The normalized spacial score (nSPS) is 13.9. The highest BCUT2D eigenvalue weighted by atomic mass is 31.2.